The number of thiophene rings is 1. The lowest BCUT2D eigenvalue weighted by atomic mass is 10.1. The van der Waals surface area contributed by atoms with Crippen LogP contribution in [0.2, 0.25) is 0 Å². The molecule has 142 valence electrons. The van der Waals surface area contributed by atoms with Crippen LogP contribution in [0.3, 0.4) is 0 Å². The molecule has 0 fully saturated rings. The first kappa shape index (κ1) is 19.3. The predicted molar refractivity (Wildman–Crippen MR) is 105 cm³/mol. The molecule has 5 nitrogen and oxygen atoms in total. The van der Waals surface area contributed by atoms with Crippen molar-refractivity contribution in [2.75, 3.05) is 4.90 Å². The lowest BCUT2D eigenvalue weighted by Gasteiger charge is -2.25. The largest absolute Gasteiger partial charge is 0.453 e. The van der Waals surface area contributed by atoms with Gasteiger partial charge in [0.15, 0.2) is 11.9 Å². The topological polar surface area (TPSA) is 63.7 Å². The Balaban J connectivity index is 1.55. The minimum Gasteiger partial charge on any atom is -0.453 e. The summed E-state index contributed by atoms with van der Waals surface area (Å²) >= 11 is 1.41. The van der Waals surface area contributed by atoms with E-state index in [1.807, 2.05) is 44.2 Å². The Labute approximate surface area is 162 Å². The number of nitrogens with zero attached hydrogens (tertiary/aromatic N) is 1. The normalized spacial score (nSPS) is 16.7. The molecule has 6 heteroatoms. The second-order valence-corrected chi connectivity index (χ2v) is 8.14. The van der Waals surface area contributed by atoms with Crippen LogP contribution < -0.4 is 4.90 Å². The number of fused-ring (bicyclic) bond motifs is 1. The highest BCUT2D eigenvalue weighted by Crippen LogP contribution is 2.32. The average Bonchev–Trinajstić information content (AvgIpc) is 3.21. The molecule has 1 aromatic heterocycles. The molecular weight excluding hydrogens is 362 g/mol. The van der Waals surface area contributed by atoms with E-state index < -0.39 is 12.1 Å². The zero-order valence-electron chi connectivity index (χ0n) is 15.7. The molecule has 1 amide bonds. The molecule has 1 aliphatic heterocycles. The van der Waals surface area contributed by atoms with Crippen LogP contribution in [0.25, 0.3) is 0 Å². The van der Waals surface area contributed by atoms with E-state index in [1.54, 1.807) is 17.9 Å². The number of carbonyl (C=O) groups is 3. The Kier molecular flexibility index (Phi) is 5.75. The summed E-state index contributed by atoms with van der Waals surface area (Å²) in [5.74, 6) is -0.843. The van der Waals surface area contributed by atoms with Crippen molar-refractivity contribution >= 4 is 34.7 Å². The van der Waals surface area contributed by atoms with Crippen molar-refractivity contribution in [3.63, 3.8) is 0 Å². The summed E-state index contributed by atoms with van der Waals surface area (Å²) in [6.45, 7) is 5.49. The van der Waals surface area contributed by atoms with Gasteiger partial charge in [0, 0.05) is 23.0 Å². The van der Waals surface area contributed by atoms with Crippen LogP contribution in [-0.2, 0) is 20.7 Å². The number of carbonyl (C=O) groups excluding carboxylic acids is 3. The molecule has 3 rings (SSSR count). The number of ether oxygens (including phenoxy) is 1. The molecule has 0 saturated carbocycles. The van der Waals surface area contributed by atoms with E-state index in [4.69, 9.17) is 4.74 Å². The molecule has 0 unspecified atom stereocenters. The fourth-order valence-electron chi connectivity index (χ4n) is 3.33. The van der Waals surface area contributed by atoms with Gasteiger partial charge in [-0.2, -0.15) is 0 Å². The molecule has 0 spiro atoms. The Morgan fingerprint density at radius 1 is 1.19 bits per heavy atom. The molecule has 1 aliphatic rings. The highest BCUT2D eigenvalue weighted by atomic mass is 32.1. The van der Waals surface area contributed by atoms with E-state index >= 15 is 0 Å². The van der Waals surface area contributed by atoms with Crippen molar-refractivity contribution in [2.45, 2.75) is 52.2 Å². The van der Waals surface area contributed by atoms with Gasteiger partial charge >= 0.3 is 5.97 Å². The summed E-state index contributed by atoms with van der Waals surface area (Å²) in [6, 6.07) is 11.4. The van der Waals surface area contributed by atoms with Gasteiger partial charge in [0.25, 0.3) is 5.91 Å². The smallest absolute Gasteiger partial charge is 0.307 e. The summed E-state index contributed by atoms with van der Waals surface area (Å²) in [4.78, 5) is 40.4. The van der Waals surface area contributed by atoms with Gasteiger partial charge < -0.3 is 9.64 Å². The van der Waals surface area contributed by atoms with E-state index in [1.165, 1.54) is 11.3 Å². The zero-order valence-corrected chi connectivity index (χ0v) is 16.5. The van der Waals surface area contributed by atoms with Crippen LogP contribution in [0.1, 0.15) is 46.8 Å². The number of Topliss-reactive ketones (excluding diaryl/α,β-unsaturated/α-hetero) is 1. The van der Waals surface area contributed by atoms with Crippen molar-refractivity contribution in [2.24, 2.45) is 0 Å². The van der Waals surface area contributed by atoms with E-state index in [0.717, 1.165) is 22.5 Å². The third kappa shape index (κ3) is 4.27. The van der Waals surface area contributed by atoms with Crippen LogP contribution in [0, 0.1) is 6.92 Å². The van der Waals surface area contributed by atoms with Gasteiger partial charge in [-0.05, 0) is 51.0 Å². The second kappa shape index (κ2) is 8.05. The number of anilines is 1. The van der Waals surface area contributed by atoms with Crippen molar-refractivity contribution in [3.8, 4) is 0 Å². The fourth-order valence-corrected chi connectivity index (χ4v) is 4.16. The maximum absolute atomic E-state index is 12.8. The summed E-state index contributed by atoms with van der Waals surface area (Å²) < 4.78 is 5.30. The van der Waals surface area contributed by atoms with Crippen LogP contribution in [0.4, 0.5) is 5.69 Å². The molecule has 0 bridgehead atoms. The molecule has 0 saturated heterocycles. The highest BCUT2D eigenvalue weighted by molar-refractivity contribution is 7.14. The summed E-state index contributed by atoms with van der Waals surface area (Å²) in [7, 11) is 0. The number of rotatable bonds is 6. The Hall–Kier alpha value is -2.47. The molecule has 27 heavy (non-hydrogen) atoms. The van der Waals surface area contributed by atoms with Gasteiger partial charge in [0.05, 0.1) is 11.3 Å². The number of para-hydroxylation sites is 1. The van der Waals surface area contributed by atoms with Gasteiger partial charge in [-0.15, -0.1) is 11.3 Å². The molecule has 2 atom stereocenters. The van der Waals surface area contributed by atoms with E-state index in [2.05, 4.69) is 0 Å². The molecule has 2 aromatic rings. The number of ketones is 1. The minimum absolute atomic E-state index is 0.0275. The monoisotopic (exact) mass is 385 g/mol. The van der Waals surface area contributed by atoms with E-state index in [-0.39, 0.29) is 30.6 Å². The lowest BCUT2D eigenvalue weighted by Crippen LogP contribution is -2.43. The van der Waals surface area contributed by atoms with E-state index in [9.17, 15) is 14.4 Å². The number of benzene rings is 1. The van der Waals surface area contributed by atoms with Crippen molar-refractivity contribution in [1.29, 1.82) is 0 Å². The maximum Gasteiger partial charge on any atom is 0.307 e. The van der Waals surface area contributed by atoms with E-state index in [0.29, 0.717) is 4.88 Å². The Bertz CT molecular complexity index is 873. The van der Waals surface area contributed by atoms with Gasteiger partial charge in [-0.1, -0.05) is 18.2 Å². The first-order chi connectivity index (χ1) is 12.9. The molecule has 1 aromatic carbocycles. The lowest BCUT2D eigenvalue weighted by molar-refractivity contribution is -0.153. The predicted octanol–water partition coefficient (Wildman–Crippen LogP) is 3.93. The molecule has 0 aliphatic carbocycles. The quantitative estimate of drug-likeness (QED) is 0.558. The standard InChI is InChI=1S/C21H23NO4S/c1-13-12-16-6-4-5-7-17(16)22(13)21(25)15(3)26-20(24)11-9-18(23)19-10-8-14(2)27-19/h4-8,10,13,15H,9,11-12H2,1-3H3/t13-,15+/m1/s1. The number of aryl methyl sites for hydroxylation is 1. The summed E-state index contributed by atoms with van der Waals surface area (Å²) in [6.07, 6.45) is -0.0374. The number of hydrogen-bond acceptors (Lipinski definition) is 5. The van der Waals surface area contributed by atoms with Crippen LogP contribution >= 0.6 is 11.3 Å². The van der Waals surface area contributed by atoms with Crippen molar-refractivity contribution in [3.05, 3.63) is 51.7 Å². The molecule has 0 radical (unpaired) electrons. The number of hydrogen-bond donors (Lipinski definition) is 0. The minimum atomic E-state index is -0.884. The Morgan fingerprint density at radius 2 is 1.93 bits per heavy atom. The van der Waals surface area contributed by atoms with Crippen LogP contribution in [0.15, 0.2) is 36.4 Å². The van der Waals surface area contributed by atoms with Gasteiger partial charge in [0.1, 0.15) is 0 Å². The first-order valence-electron chi connectivity index (χ1n) is 9.07. The summed E-state index contributed by atoms with van der Waals surface area (Å²) in [5, 5.41) is 0. The van der Waals surface area contributed by atoms with Crippen LogP contribution in [-0.4, -0.2) is 29.8 Å². The van der Waals surface area contributed by atoms with Gasteiger partial charge in [-0.25, -0.2) is 0 Å². The third-order valence-corrected chi connectivity index (χ3v) is 5.71. The Morgan fingerprint density at radius 3 is 2.63 bits per heavy atom. The van der Waals surface area contributed by atoms with Crippen LogP contribution in [0.5, 0.6) is 0 Å². The van der Waals surface area contributed by atoms with Gasteiger partial charge in [-0.3, -0.25) is 14.4 Å². The summed E-state index contributed by atoms with van der Waals surface area (Å²) in [5.41, 5.74) is 2.00. The second-order valence-electron chi connectivity index (χ2n) is 6.86. The number of amides is 1. The van der Waals surface area contributed by atoms with Gasteiger partial charge in [0.2, 0.25) is 0 Å². The number of esters is 1. The molecular formula is C21H23NO4S. The van der Waals surface area contributed by atoms with Crippen molar-refractivity contribution < 1.29 is 19.1 Å². The average molecular weight is 385 g/mol. The third-order valence-electron chi connectivity index (χ3n) is 4.67. The zero-order chi connectivity index (χ0) is 19.6. The SMILES string of the molecule is Cc1ccc(C(=O)CCC(=O)O[C@@H](C)C(=O)N2c3ccccc3C[C@H]2C)s1. The molecule has 2 heterocycles. The molecule has 0 N–H and O–H groups in total. The fraction of sp³-hybridized carbons (Fsp3) is 0.381. The highest BCUT2D eigenvalue weighted by Gasteiger charge is 2.34. The van der Waals surface area contributed by atoms with Crippen molar-refractivity contribution in [1.82, 2.24) is 0 Å². The maximum atomic E-state index is 12.8. The first-order valence-corrected chi connectivity index (χ1v) is 9.88.